The van der Waals surface area contributed by atoms with Gasteiger partial charge in [-0.15, -0.1) is 0 Å². The van der Waals surface area contributed by atoms with Crippen molar-refractivity contribution in [3.05, 3.63) is 71.2 Å². The van der Waals surface area contributed by atoms with Gasteiger partial charge >= 0.3 is 6.18 Å². The number of hydrogen-bond donors (Lipinski definition) is 1. The van der Waals surface area contributed by atoms with Crippen molar-refractivity contribution in [2.75, 3.05) is 6.54 Å². The summed E-state index contributed by atoms with van der Waals surface area (Å²) >= 11 is 0. The second-order valence-corrected chi connectivity index (χ2v) is 8.28. The van der Waals surface area contributed by atoms with Crippen molar-refractivity contribution in [1.29, 1.82) is 5.26 Å². The Hall–Kier alpha value is -3.78. The van der Waals surface area contributed by atoms with Crippen molar-refractivity contribution in [1.82, 2.24) is 19.4 Å². The number of nitriles is 1. The number of hydrogen-bond acceptors (Lipinski definition) is 5. The number of imidazole rings is 1. The van der Waals surface area contributed by atoms with E-state index >= 15 is 0 Å². The van der Waals surface area contributed by atoms with Gasteiger partial charge in [-0.2, -0.15) is 18.4 Å². The van der Waals surface area contributed by atoms with Crippen LogP contribution in [0.25, 0.3) is 11.3 Å². The van der Waals surface area contributed by atoms with Crippen molar-refractivity contribution >= 4 is 5.91 Å². The lowest BCUT2D eigenvalue weighted by molar-refractivity contribution is -0.263. The molecule has 0 fully saturated rings. The van der Waals surface area contributed by atoms with Crippen molar-refractivity contribution in [3.63, 3.8) is 0 Å². The zero-order valence-electron chi connectivity index (χ0n) is 18.1. The first kappa shape index (κ1) is 23.4. The van der Waals surface area contributed by atoms with Crippen LogP contribution in [0.4, 0.5) is 17.6 Å². The van der Waals surface area contributed by atoms with Gasteiger partial charge in [-0.25, -0.2) is 9.37 Å². The predicted molar refractivity (Wildman–Crippen MR) is 112 cm³/mol. The summed E-state index contributed by atoms with van der Waals surface area (Å²) in [5.41, 5.74) is -1.80. The molecule has 0 radical (unpaired) electrons. The third-order valence-corrected chi connectivity index (χ3v) is 5.81. The van der Waals surface area contributed by atoms with E-state index in [0.29, 0.717) is 23.9 Å². The Morgan fingerprint density at radius 3 is 2.65 bits per heavy atom. The Balaban J connectivity index is 1.64. The molecule has 1 aliphatic heterocycles. The van der Waals surface area contributed by atoms with Crippen LogP contribution < -0.4 is 0 Å². The number of nitrogens with zero attached hydrogens (tertiary/aromatic N) is 5. The summed E-state index contributed by atoms with van der Waals surface area (Å²) in [5.74, 6) is -1.50. The molecule has 1 aliphatic rings. The maximum atomic E-state index is 13.5. The lowest BCUT2D eigenvalue weighted by Gasteiger charge is -2.36. The van der Waals surface area contributed by atoms with E-state index in [1.54, 1.807) is 6.92 Å². The van der Waals surface area contributed by atoms with E-state index in [2.05, 4.69) is 9.97 Å². The average Bonchev–Trinajstić information content (AvgIpc) is 3.23. The highest BCUT2D eigenvalue weighted by Gasteiger charge is 2.55. The molecule has 0 unspecified atom stereocenters. The first-order valence-electron chi connectivity index (χ1n) is 10.2. The van der Waals surface area contributed by atoms with Crippen molar-refractivity contribution in [3.8, 4) is 17.3 Å². The van der Waals surface area contributed by atoms with Gasteiger partial charge in [0.05, 0.1) is 41.8 Å². The van der Waals surface area contributed by atoms with Crippen LogP contribution in [0.1, 0.15) is 47.3 Å². The van der Waals surface area contributed by atoms with Gasteiger partial charge in [0.1, 0.15) is 5.82 Å². The number of pyridine rings is 1. The highest BCUT2D eigenvalue weighted by molar-refractivity contribution is 5.95. The van der Waals surface area contributed by atoms with Crippen LogP contribution in [-0.4, -0.2) is 43.2 Å². The molecule has 0 saturated carbocycles. The minimum absolute atomic E-state index is 0.0121. The molecule has 4 rings (SSSR count). The number of aliphatic hydroxyl groups is 1. The Bertz CT molecular complexity index is 1310. The van der Waals surface area contributed by atoms with Crippen LogP contribution in [0.2, 0.25) is 0 Å². The standard InChI is InChI=1S/C23H19F4N5O2/c1-13-11-31(12-17-10-30-21(32(13)17)22(2,34)23(25,26)27)20(33)14-5-6-29-19(8-14)18-4-3-16(24)7-15(18)9-28/h3-8,10,13,34H,11-12H2,1-2H3/t13-,22+/m0/s1. The molecule has 0 spiro atoms. The Kier molecular flexibility index (Phi) is 5.65. The van der Waals surface area contributed by atoms with Gasteiger partial charge in [-0.05, 0) is 44.2 Å². The number of halogens is 4. The van der Waals surface area contributed by atoms with E-state index in [1.807, 2.05) is 6.07 Å². The van der Waals surface area contributed by atoms with Gasteiger partial charge in [0.25, 0.3) is 5.91 Å². The van der Waals surface area contributed by atoms with E-state index in [1.165, 1.54) is 46.1 Å². The normalized spacial score (nSPS) is 17.6. The zero-order valence-corrected chi connectivity index (χ0v) is 18.1. The molecule has 2 atom stereocenters. The number of fused-ring (bicyclic) bond motifs is 1. The molecule has 3 aromatic rings. The molecule has 1 aromatic carbocycles. The van der Waals surface area contributed by atoms with Crippen LogP contribution in [0.15, 0.2) is 42.7 Å². The molecule has 2 aromatic heterocycles. The third kappa shape index (κ3) is 3.90. The molecule has 0 aliphatic carbocycles. The van der Waals surface area contributed by atoms with Crippen LogP contribution in [0, 0.1) is 17.1 Å². The molecule has 176 valence electrons. The van der Waals surface area contributed by atoms with Crippen LogP contribution in [0.3, 0.4) is 0 Å². The Labute approximate surface area is 191 Å². The number of alkyl halides is 3. The number of amides is 1. The maximum Gasteiger partial charge on any atom is 0.424 e. The van der Waals surface area contributed by atoms with Gasteiger partial charge in [0.15, 0.2) is 5.82 Å². The van der Waals surface area contributed by atoms with E-state index in [0.717, 1.165) is 6.07 Å². The molecule has 11 heteroatoms. The van der Waals surface area contributed by atoms with E-state index in [-0.39, 0.29) is 24.2 Å². The highest BCUT2D eigenvalue weighted by atomic mass is 19.4. The molecule has 3 heterocycles. The highest BCUT2D eigenvalue weighted by Crippen LogP contribution is 2.40. The summed E-state index contributed by atoms with van der Waals surface area (Å²) in [5, 5.41) is 19.4. The van der Waals surface area contributed by atoms with E-state index < -0.39 is 35.4 Å². The van der Waals surface area contributed by atoms with Gasteiger partial charge in [-0.1, -0.05) is 0 Å². The fourth-order valence-electron chi connectivity index (χ4n) is 4.03. The maximum absolute atomic E-state index is 13.5. The van der Waals surface area contributed by atoms with Crippen LogP contribution in [-0.2, 0) is 12.1 Å². The lowest BCUT2D eigenvalue weighted by Crippen LogP contribution is -2.45. The largest absolute Gasteiger partial charge is 0.424 e. The molecule has 0 bridgehead atoms. The number of aromatic nitrogens is 3. The first-order chi connectivity index (χ1) is 15.9. The lowest BCUT2D eigenvalue weighted by atomic mass is 10.0. The average molecular weight is 473 g/mol. The molecular formula is C23H19F4N5O2. The van der Waals surface area contributed by atoms with Gasteiger partial charge < -0.3 is 14.6 Å². The minimum Gasteiger partial charge on any atom is -0.374 e. The number of carbonyl (C=O) groups excluding carboxylic acids is 1. The van der Waals surface area contributed by atoms with Gasteiger partial charge in [0.2, 0.25) is 5.60 Å². The third-order valence-electron chi connectivity index (χ3n) is 5.81. The molecular weight excluding hydrogens is 454 g/mol. The quantitative estimate of drug-likeness (QED) is 0.582. The van der Waals surface area contributed by atoms with Crippen molar-refractivity contribution < 1.29 is 27.5 Å². The fourth-order valence-corrected chi connectivity index (χ4v) is 4.03. The van der Waals surface area contributed by atoms with Crippen molar-refractivity contribution in [2.45, 2.75) is 38.2 Å². The summed E-state index contributed by atoms with van der Waals surface area (Å²) in [6.45, 7) is 2.36. The van der Waals surface area contributed by atoms with Crippen LogP contribution >= 0.6 is 0 Å². The Morgan fingerprint density at radius 1 is 1.24 bits per heavy atom. The first-order valence-corrected chi connectivity index (χ1v) is 10.2. The molecule has 0 saturated heterocycles. The molecule has 34 heavy (non-hydrogen) atoms. The fraction of sp³-hybridized carbons (Fsp3) is 0.304. The summed E-state index contributed by atoms with van der Waals surface area (Å²) in [6, 6.07) is 7.95. The second kappa shape index (κ2) is 8.22. The number of carbonyl (C=O) groups is 1. The SMILES string of the molecule is C[C@H]1CN(C(=O)c2ccnc(-c3ccc(F)cc3C#N)c2)Cc2cnc([C@@](C)(O)C(F)(F)F)n21. The topological polar surface area (TPSA) is 95.0 Å². The second-order valence-electron chi connectivity index (χ2n) is 8.28. The van der Waals surface area contributed by atoms with Gasteiger partial charge in [-0.3, -0.25) is 9.78 Å². The van der Waals surface area contributed by atoms with Gasteiger partial charge in [0, 0.05) is 23.9 Å². The van der Waals surface area contributed by atoms with E-state index in [4.69, 9.17) is 0 Å². The number of benzene rings is 1. The predicted octanol–water partition coefficient (Wildman–Crippen LogP) is 3.94. The number of rotatable bonds is 3. The summed E-state index contributed by atoms with van der Waals surface area (Å²) in [6.07, 6.45) is -2.30. The monoisotopic (exact) mass is 473 g/mol. The van der Waals surface area contributed by atoms with Crippen LogP contribution in [0.5, 0.6) is 0 Å². The summed E-state index contributed by atoms with van der Waals surface area (Å²) < 4.78 is 54.9. The zero-order chi connectivity index (χ0) is 24.8. The summed E-state index contributed by atoms with van der Waals surface area (Å²) in [7, 11) is 0. The molecule has 7 nitrogen and oxygen atoms in total. The molecule has 1 N–H and O–H groups in total. The Morgan fingerprint density at radius 2 is 1.97 bits per heavy atom. The summed E-state index contributed by atoms with van der Waals surface area (Å²) in [4.78, 5) is 22.7. The minimum atomic E-state index is -4.92. The smallest absolute Gasteiger partial charge is 0.374 e. The van der Waals surface area contributed by atoms with E-state index in [9.17, 15) is 32.7 Å². The molecule has 1 amide bonds. The van der Waals surface area contributed by atoms with Crippen molar-refractivity contribution in [2.24, 2.45) is 0 Å².